The Morgan fingerprint density at radius 2 is 1.85 bits per heavy atom. The molecule has 12 nitrogen and oxygen atoms in total. The summed E-state index contributed by atoms with van der Waals surface area (Å²) in [5, 5.41) is 25.1. The number of aliphatic hydroxyl groups excluding tert-OH is 2. The van der Waals surface area contributed by atoms with Gasteiger partial charge in [0.15, 0.2) is 0 Å². The zero-order valence-corrected chi connectivity index (χ0v) is 25.6. The van der Waals surface area contributed by atoms with Crippen molar-refractivity contribution < 1.29 is 48.3 Å². The first-order chi connectivity index (χ1) is 19.3. The Bertz CT molecular complexity index is 1150. The summed E-state index contributed by atoms with van der Waals surface area (Å²) >= 11 is 2.03. The average Bonchev–Trinajstić information content (AvgIpc) is 3.37. The van der Waals surface area contributed by atoms with Gasteiger partial charge in [0.05, 0.1) is 24.3 Å². The van der Waals surface area contributed by atoms with Crippen molar-refractivity contribution in [3.8, 4) is 0 Å². The van der Waals surface area contributed by atoms with Crippen LogP contribution in [0.5, 0.6) is 0 Å². The second-order valence-corrected chi connectivity index (χ2v) is 12.1. The van der Waals surface area contributed by atoms with Crippen LogP contribution in [-0.2, 0) is 33.3 Å². The lowest BCUT2D eigenvalue weighted by molar-refractivity contribution is -0.155. The van der Waals surface area contributed by atoms with E-state index in [0.29, 0.717) is 9.13 Å². The number of benzene rings is 1. The van der Waals surface area contributed by atoms with Gasteiger partial charge < -0.3 is 39.8 Å². The van der Waals surface area contributed by atoms with E-state index < -0.39 is 72.5 Å². The monoisotopic (exact) mass is 688 g/mol. The molecule has 1 fully saturated rings. The fourth-order valence-electron chi connectivity index (χ4n) is 4.38. The maximum atomic E-state index is 13.2. The van der Waals surface area contributed by atoms with E-state index >= 15 is 0 Å². The summed E-state index contributed by atoms with van der Waals surface area (Å²) in [4.78, 5) is 51.1. The number of ether oxygens (including phenoxy) is 4. The van der Waals surface area contributed by atoms with E-state index in [4.69, 9.17) is 18.9 Å². The Morgan fingerprint density at radius 1 is 1.15 bits per heavy atom. The number of carbonyl (C=O) groups is 4. The van der Waals surface area contributed by atoms with Crippen LogP contribution in [0, 0.1) is 3.57 Å². The van der Waals surface area contributed by atoms with E-state index in [1.54, 1.807) is 51.1 Å². The van der Waals surface area contributed by atoms with Gasteiger partial charge in [-0.05, 0) is 74.9 Å². The molecule has 4 N–H and O–H groups in total. The van der Waals surface area contributed by atoms with Crippen molar-refractivity contribution in [2.24, 2.45) is 0 Å². The average molecular weight is 689 g/mol. The number of carbonyl (C=O) groups excluding carboxylic acids is 4. The molecule has 226 valence electrons. The first kappa shape index (κ1) is 32.9. The molecule has 6 unspecified atom stereocenters. The van der Waals surface area contributed by atoms with Gasteiger partial charge in [0, 0.05) is 22.0 Å². The lowest BCUT2D eigenvalue weighted by Gasteiger charge is -2.31. The predicted molar refractivity (Wildman–Crippen MR) is 153 cm³/mol. The molecule has 2 amide bonds. The Labute approximate surface area is 252 Å². The molecule has 0 saturated carbocycles. The Balaban J connectivity index is 1.65. The minimum Gasteiger partial charge on any atom is -0.460 e. The van der Waals surface area contributed by atoms with Gasteiger partial charge in [-0.2, -0.15) is 0 Å². The van der Waals surface area contributed by atoms with Gasteiger partial charge in [-0.15, -0.1) is 0 Å². The maximum absolute atomic E-state index is 13.2. The van der Waals surface area contributed by atoms with Crippen LogP contribution in [0.1, 0.15) is 57.3 Å². The number of amides is 2. The Kier molecular flexibility index (Phi) is 11.7. The zero-order chi connectivity index (χ0) is 30.3. The summed E-state index contributed by atoms with van der Waals surface area (Å²) < 4.78 is 22.9. The third kappa shape index (κ3) is 9.46. The second kappa shape index (κ2) is 14.5. The number of halogens is 1. The summed E-state index contributed by atoms with van der Waals surface area (Å²) in [5.41, 5.74) is -0.1000. The highest BCUT2D eigenvalue weighted by molar-refractivity contribution is 14.1. The summed E-state index contributed by atoms with van der Waals surface area (Å²) in [6.45, 7) is 6.03. The topological polar surface area (TPSA) is 170 Å². The molecular formula is C28H37IN2O10. The third-order valence-corrected chi connectivity index (χ3v) is 7.32. The normalized spacial score (nSPS) is 22.4. The van der Waals surface area contributed by atoms with Gasteiger partial charge >= 0.3 is 11.9 Å². The molecule has 1 heterocycles. The van der Waals surface area contributed by atoms with E-state index in [2.05, 4.69) is 10.6 Å². The molecule has 1 aliphatic carbocycles. The number of fused-ring (bicyclic) bond motifs is 1. The molecular weight excluding hydrogens is 651 g/mol. The largest absolute Gasteiger partial charge is 0.460 e. The van der Waals surface area contributed by atoms with Crippen molar-refractivity contribution in [1.82, 2.24) is 10.6 Å². The highest BCUT2D eigenvalue weighted by Gasteiger charge is 2.43. The molecule has 1 aromatic carbocycles. The first-order valence-corrected chi connectivity index (χ1v) is 14.4. The molecule has 0 aromatic heterocycles. The molecule has 41 heavy (non-hydrogen) atoms. The van der Waals surface area contributed by atoms with E-state index in [1.165, 1.54) is 6.92 Å². The summed E-state index contributed by atoms with van der Waals surface area (Å²) in [6, 6.07) is 4.75. The number of aliphatic hydroxyl groups is 2. The summed E-state index contributed by atoms with van der Waals surface area (Å²) in [6.07, 6.45) is -1.79. The third-order valence-electron chi connectivity index (χ3n) is 6.38. The van der Waals surface area contributed by atoms with Crippen molar-refractivity contribution in [2.45, 2.75) is 89.1 Å². The molecule has 1 aromatic rings. The van der Waals surface area contributed by atoms with Crippen molar-refractivity contribution >= 4 is 46.3 Å². The minimum absolute atomic E-state index is 0.00514. The zero-order valence-electron chi connectivity index (χ0n) is 23.4. The van der Waals surface area contributed by atoms with Crippen LogP contribution >= 0.6 is 22.6 Å². The molecule has 1 aliphatic heterocycles. The van der Waals surface area contributed by atoms with Gasteiger partial charge in [0.1, 0.15) is 36.7 Å². The van der Waals surface area contributed by atoms with Crippen LogP contribution in [0.15, 0.2) is 35.9 Å². The fourth-order valence-corrected chi connectivity index (χ4v) is 4.98. The first-order valence-electron chi connectivity index (χ1n) is 13.3. The molecule has 2 aliphatic rings. The van der Waals surface area contributed by atoms with Crippen molar-refractivity contribution in [3.63, 3.8) is 0 Å². The van der Waals surface area contributed by atoms with E-state index in [1.807, 2.05) is 22.6 Å². The van der Waals surface area contributed by atoms with Crippen LogP contribution in [0.3, 0.4) is 0 Å². The molecule has 0 radical (unpaired) electrons. The van der Waals surface area contributed by atoms with Crippen LogP contribution in [0.2, 0.25) is 0 Å². The molecule has 3 rings (SSSR count). The van der Waals surface area contributed by atoms with Gasteiger partial charge in [0.2, 0.25) is 11.8 Å². The molecule has 13 heteroatoms. The molecule has 0 bridgehead atoms. The molecule has 6 atom stereocenters. The number of hydrogen-bond acceptors (Lipinski definition) is 10. The summed E-state index contributed by atoms with van der Waals surface area (Å²) in [5.74, 6) is -2.46. The van der Waals surface area contributed by atoms with Gasteiger partial charge in [-0.1, -0.05) is 12.1 Å². The van der Waals surface area contributed by atoms with E-state index in [9.17, 15) is 29.4 Å². The Morgan fingerprint density at radius 3 is 2.49 bits per heavy atom. The van der Waals surface area contributed by atoms with E-state index in [-0.39, 0.29) is 31.6 Å². The maximum Gasteiger partial charge on any atom is 0.339 e. The second-order valence-electron chi connectivity index (χ2n) is 10.9. The predicted octanol–water partition coefficient (Wildman–Crippen LogP) is 1.35. The van der Waals surface area contributed by atoms with Crippen LogP contribution in [-0.4, -0.2) is 89.5 Å². The molecule has 1 saturated heterocycles. The lowest BCUT2D eigenvalue weighted by Crippen LogP contribution is -2.55. The van der Waals surface area contributed by atoms with Gasteiger partial charge in [-0.25, -0.2) is 4.79 Å². The van der Waals surface area contributed by atoms with Gasteiger partial charge in [0.25, 0.3) is 0 Å². The van der Waals surface area contributed by atoms with Gasteiger partial charge in [-0.3, -0.25) is 14.4 Å². The highest BCUT2D eigenvalue weighted by atomic mass is 127. The highest BCUT2D eigenvalue weighted by Crippen LogP contribution is 2.31. The SMILES string of the molecule is CC(O)C(NC(=O)C1=CC2OCOC2C(OC(=O)c2ccccc2I)C1)C(=O)NC(CO)CCC(=O)OC(C)(C)C. The number of nitrogens with one attached hydrogen (secondary N) is 2. The minimum atomic E-state index is -1.37. The smallest absolute Gasteiger partial charge is 0.339 e. The fraction of sp³-hybridized carbons (Fsp3) is 0.571. The molecule has 0 spiro atoms. The van der Waals surface area contributed by atoms with Crippen LogP contribution in [0.25, 0.3) is 0 Å². The van der Waals surface area contributed by atoms with Crippen LogP contribution < -0.4 is 10.6 Å². The van der Waals surface area contributed by atoms with Crippen molar-refractivity contribution in [1.29, 1.82) is 0 Å². The summed E-state index contributed by atoms with van der Waals surface area (Å²) in [7, 11) is 0. The number of esters is 2. The van der Waals surface area contributed by atoms with Crippen molar-refractivity contribution in [3.05, 3.63) is 45.0 Å². The van der Waals surface area contributed by atoms with Crippen LogP contribution in [0.4, 0.5) is 0 Å². The standard InChI is InChI=1S/C28H37IN2O10/c1-15(33)23(26(36)30-17(13-32)9-10-22(34)41-28(2,3)4)31-25(35)16-11-20-24(39-14-38-20)21(12-16)40-27(37)18-7-5-6-8-19(18)29/h5-8,11,15,17,20-21,23-24,32-33H,9-10,12-14H2,1-4H3,(H,30,36)(H,31,35). The number of rotatable bonds is 11. The van der Waals surface area contributed by atoms with Crippen molar-refractivity contribution in [2.75, 3.05) is 13.4 Å². The Hall–Kier alpha value is -2.59. The van der Waals surface area contributed by atoms with E-state index in [0.717, 1.165) is 0 Å². The number of hydrogen-bond donors (Lipinski definition) is 4. The quantitative estimate of drug-likeness (QED) is 0.197. The lowest BCUT2D eigenvalue weighted by atomic mass is 9.91.